The molecule has 3 aromatic rings. The van der Waals surface area contributed by atoms with Crippen molar-refractivity contribution in [2.24, 2.45) is 5.92 Å². The van der Waals surface area contributed by atoms with Crippen LogP contribution in [0.5, 0.6) is 0 Å². The molecule has 0 radical (unpaired) electrons. The molecule has 152 valence electrons. The summed E-state index contributed by atoms with van der Waals surface area (Å²) in [5, 5.41) is 5.66. The fourth-order valence-electron chi connectivity index (χ4n) is 4.08. The SMILES string of the molecule is O=C(CNC(=O)C1CC1(c1ccccc1)c1ccccc1)NCCc1ccccn1. The van der Waals surface area contributed by atoms with Crippen molar-refractivity contribution < 1.29 is 9.59 Å². The summed E-state index contributed by atoms with van der Waals surface area (Å²) in [5.41, 5.74) is 2.88. The number of carbonyl (C=O) groups is 2. The monoisotopic (exact) mass is 399 g/mol. The van der Waals surface area contributed by atoms with Gasteiger partial charge >= 0.3 is 0 Å². The lowest BCUT2D eigenvalue weighted by Gasteiger charge is -2.19. The van der Waals surface area contributed by atoms with E-state index in [4.69, 9.17) is 0 Å². The quantitative estimate of drug-likeness (QED) is 0.612. The van der Waals surface area contributed by atoms with Crippen molar-refractivity contribution in [1.29, 1.82) is 0 Å². The van der Waals surface area contributed by atoms with Crippen molar-refractivity contribution in [2.45, 2.75) is 18.3 Å². The predicted molar refractivity (Wildman–Crippen MR) is 116 cm³/mol. The van der Waals surface area contributed by atoms with E-state index in [0.29, 0.717) is 13.0 Å². The second-order valence-corrected chi connectivity index (χ2v) is 7.60. The largest absolute Gasteiger partial charge is 0.354 e. The van der Waals surface area contributed by atoms with E-state index in [1.54, 1.807) is 6.20 Å². The number of nitrogens with one attached hydrogen (secondary N) is 2. The molecule has 5 heteroatoms. The number of nitrogens with zero attached hydrogens (tertiary/aromatic N) is 1. The molecule has 1 atom stereocenters. The van der Waals surface area contributed by atoms with Gasteiger partial charge in [-0.3, -0.25) is 14.6 Å². The minimum Gasteiger partial charge on any atom is -0.354 e. The lowest BCUT2D eigenvalue weighted by atomic mass is 9.85. The van der Waals surface area contributed by atoms with Crippen LogP contribution in [0.1, 0.15) is 23.2 Å². The fourth-order valence-corrected chi connectivity index (χ4v) is 4.08. The van der Waals surface area contributed by atoms with Crippen molar-refractivity contribution in [3.8, 4) is 0 Å². The van der Waals surface area contributed by atoms with Gasteiger partial charge in [-0.2, -0.15) is 0 Å². The molecule has 5 nitrogen and oxygen atoms in total. The first-order chi connectivity index (χ1) is 14.7. The summed E-state index contributed by atoms with van der Waals surface area (Å²) in [5.74, 6) is -0.448. The van der Waals surface area contributed by atoms with Crippen LogP contribution in [0.3, 0.4) is 0 Å². The van der Waals surface area contributed by atoms with Gasteiger partial charge in [0.2, 0.25) is 11.8 Å². The molecular weight excluding hydrogens is 374 g/mol. The summed E-state index contributed by atoms with van der Waals surface area (Å²) in [6.45, 7) is 0.477. The zero-order valence-corrected chi connectivity index (χ0v) is 16.8. The lowest BCUT2D eigenvalue weighted by Crippen LogP contribution is -2.39. The molecule has 4 rings (SSSR count). The Labute approximate surface area is 176 Å². The van der Waals surface area contributed by atoms with Crippen LogP contribution in [0.15, 0.2) is 85.1 Å². The van der Waals surface area contributed by atoms with Gasteiger partial charge in [0, 0.05) is 30.3 Å². The maximum Gasteiger partial charge on any atom is 0.239 e. The summed E-state index contributed by atoms with van der Waals surface area (Å²) in [6, 6.07) is 26.0. The van der Waals surface area contributed by atoms with E-state index >= 15 is 0 Å². The molecular formula is C25H25N3O2. The van der Waals surface area contributed by atoms with E-state index in [9.17, 15) is 9.59 Å². The van der Waals surface area contributed by atoms with E-state index in [1.807, 2.05) is 54.6 Å². The molecule has 2 aromatic carbocycles. The van der Waals surface area contributed by atoms with E-state index in [2.05, 4.69) is 39.9 Å². The number of carbonyl (C=O) groups excluding carboxylic acids is 2. The van der Waals surface area contributed by atoms with Crippen molar-refractivity contribution >= 4 is 11.8 Å². The van der Waals surface area contributed by atoms with Crippen LogP contribution in [-0.4, -0.2) is 29.9 Å². The van der Waals surface area contributed by atoms with Gasteiger partial charge in [-0.15, -0.1) is 0 Å². The Bertz CT molecular complexity index is 951. The summed E-state index contributed by atoms with van der Waals surface area (Å²) < 4.78 is 0. The number of rotatable bonds is 8. The molecule has 1 fully saturated rings. The molecule has 0 bridgehead atoms. The summed E-state index contributed by atoms with van der Waals surface area (Å²) >= 11 is 0. The van der Waals surface area contributed by atoms with Crippen molar-refractivity contribution in [1.82, 2.24) is 15.6 Å². The zero-order valence-electron chi connectivity index (χ0n) is 16.8. The molecule has 0 saturated heterocycles. The summed E-state index contributed by atoms with van der Waals surface area (Å²) in [6.07, 6.45) is 3.14. The molecule has 1 aliphatic rings. The van der Waals surface area contributed by atoms with Crippen LogP contribution in [0.4, 0.5) is 0 Å². The second-order valence-electron chi connectivity index (χ2n) is 7.60. The molecule has 1 aliphatic carbocycles. The number of hydrogen-bond donors (Lipinski definition) is 2. The van der Waals surface area contributed by atoms with Crippen molar-refractivity contribution in [2.75, 3.05) is 13.1 Å². The minimum atomic E-state index is -0.317. The van der Waals surface area contributed by atoms with E-state index < -0.39 is 0 Å². The summed E-state index contributed by atoms with van der Waals surface area (Å²) in [4.78, 5) is 29.2. The molecule has 0 aliphatic heterocycles. The molecule has 1 unspecified atom stereocenters. The topological polar surface area (TPSA) is 71.1 Å². The Hall–Kier alpha value is -3.47. The number of benzene rings is 2. The van der Waals surface area contributed by atoms with Gasteiger partial charge in [0.1, 0.15) is 0 Å². The van der Waals surface area contributed by atoms with Crippen LogP contribution >= 0.6 is 0 Å². The predicted octanol–water partition coefficient (Wildman–Crippen LogP) is 2.86. The minimum absolute atomic E-state index is 0.0167. The normalized spacial score (nSPS) is 16.5. The standard InChI is InChI=1S/C25H25N3O2/c29-23(27-16-14-21-13-7-8-15-26-21)18-28-24(30)22-17-25(22,19-9-3-1-4-10-19)20-11-5-2-6-12-20/h1-13,15,22H,14,16-18H2,(H,27,29)(H,28,30). The molecule has 2 N–H and O–H groups in total. The van der Waals surface area contributed by atoms with Gasteiger partial charge in [0.05, 0.1) is 12.5 Å². The number of hydrogen-bond acceptors (Lipinski definition) is 3. The highest BCUT2D eigenvalue weighted by atomic mass is 16.2. The third-order valence-electron chi connectivity index (χ3n) is 5.71. The van der Waals surface area contributed by atoms with Crippen LogP contribution in [0.2, 0.25) is 0 Å². The first-order valence-electron chi connectivity index (χ1n) is 10.3. The van der Waals surface area contributed by atoms with Crippen LogP contribution in [0, 0.1) is 5.92 Å². The van der Waals surface area contributed by atoms with E-state index in [1.165, 1.54) is 0 Å². The molecule has 1 heterocycles. The Morgan fingerprint density at radius 3 is 2.10 bits per heavy atom. The first kappa shape index (κ1) is 19.8. The Kier molecular flexibility index (Phi) is 5.89. The maximum atomic E-state index is 12.9. The molecule has 0 spiro atoms. The van der Waals surface area contributed by atoms with Gasteiger partial charge in [0.25, 0.3) is 0 Å². The summed E-state index contributed by atoms with van der Waals surface area (Å²) in [7, 11) is 0. The maximum absolute atomic E-state index is 12.9. The third kappa shape index (κ3) is 4.25. The highest BCUT2D eigenvalue weighted by Gasteiger charge is 2.60. The van der Waals surface area contributed by atoms with Gasteiger partial charge in [-0.05, 0) is 29.7 Å². The van der Waals surface area contributed by atoms with E-state index in [-0.39, 0.29) is 29.7 Å². The van der Waals surface area contributed by atoms with Crippen LogP contribution < -0.4 is 10.6 Å². The molecule has 1 saturated carbocycles. The molecule has 30 heavy (non-hydrogen) atoms. The van der Waals surface area contributed by atoms with E-state index in [0.717, 1.165) is 23.2 Å². The van der Waals surface area contributed by atoms with Crippen molar-refractivity contribution in [3.05, 3.63) is 102 Å². The zero-order chi connectivity index (χ0) is 20.8. The fraction of sp³-hybridized carbons (Fsp3) is 0.240. The Morgan fingerprint density at radius 1 is 0.867 bits per heavy atom. The number of pyridine rings is 1. The van der Waals surface area contributed by atoms with Crippen LogP contribution in [0.25, 0.3) is 0 Å². The highest BCUT2D eigenvalue weighted by molar-refractivity contribution is 5.89. The highest BCUT2D eigenvalue weighted by Crippen LogP contribution is 2.58. The third-order valence-corrected chi connectivity index (χ3v) is 5.71. The average Bonchev–Trinajstić information content (AvgIpc) is 3.57. The van der Waals surface area contributed by atoms with Gasteiger partial charge in [-0.25, -0.2) is 0 Å². The first-order valence-corrected chi connectivity index (χ1v) is 10.3. The lowest BCUT2D eigenvalue weighted by molar-refractivity contribution is -0.127. The van der Waals surface area contributed by atoms with Gasteiger partial charge in [0.15, 0.2) is 0 Å². The van der Waals surface area contributed by atoms with Gasteiger partial charge < -0.3 is 10.6 Å². The molecule has 1 aromatic heterocycles. The van der Waals surface area contributed by atoms with Gasteiger partial charge in [-0.1, -0.05) is 66.7 Å². The Morgan fingerprint density at radius 2 is 1.50 bits per heavy atom. The van der Waals surface area contributed by atoms with Crippen LogP contribution in [-0.2, 0) is 21.4 Å². The second kappa shape index (κ2) is 8.91. The van der Waals surface area contributed by atoms with Crippen molar-refractivity contribution in [3.63, 3.8) is 0 Å². The smallest absolute Gasteiger partial charge is 0.239 e. The number of amides is 2. The molecule has 2 amide bonds. The number of aromatic nitrogens is 1. The Balaban J connectivity index is 1.34. The average molecular weight is 399 g/mol.